The van der Waals surface area contributed by atoms with Gasteiger partial charge in [0.25, 0.3) is 5.91 Å². The van der Waals surface area contributed by atoms with Gasteiger partial charge in [-0.25, -0.2) is 0 Å². The molecule has 2 aromatic carbocycles. The number of unbranched alkanes of at least 4 members (excludes halogenated alkanes) is 2. The number of carboxylic acid groups (broad SMARTS) is 1. The molecule has 8 nitrogen and oxygen atoms in total. The van der Waals surface area contributed by atoms with E-state index in [-0.39, 0.29) is 12.3 Å². The number of ether oxygens (including phenoxy) is 2. The van der Waals surface area contributed by atoms with E-state index in [1.165, 1.54) is 0 Å². The average Bonchev–Trinajstić information content (AvgIpc) is 2.99. The Morgan fingerprint density at radius 3 is 2.38 bits per heavy atom. The first-order valence-electron chi connectivity index (χ1n) is 14.1. The fourth-order valence-electron chi connectivity index (χ4n) is 4.81. The molecule has 1 fully saturated rings. The van der Waals surface area contributed by atoms with Crippen LogP contribution in [0.3, 0.4) is 0 Å². The van der Waals surface area contributed by atoms with E-state index in [1.54, 1.807) is 12.4 Å². The number of carboxylic acids is 1. The largest absolute Gasteiger partial charge is 0.493 e. The van der Waals surface area contributed by atoms with Gasteiger partial charge < -0.3 is 19.5 Å². The van der Waals surface area contributed by atoms with Crippen molar-refractivity contribution in [2.45, 2.75) is 38.6 Å². The first-order chi connectivity index (χ1) is 19.6. The van der Waals surface area contributed by atoms with Crippen molar-refractivity contribution in [1.82, 2.24) is 14.8 Å². The summed E-state index contributed by atoms with van der Waals surface area (Å²) in [5, 5.41) is 8.82. The third-order valence-corrected chi connectivity index (χ3v) is 7.07. The summed E-state index contributed by atoms with van der Waals surface area (Å²) in [6, 6.07) is 19.5. The fraction of sp³-hybridized carbons (Fsp3) is 0.406. The van der Waals surface area contributed by atoms with E-state index >= 15 is 0 Å². The summed E-state index contributed by atoms with van der Waals surface area (Å²) in [6.07, 6.45) is 6.81. The molecule has 1 aliphatic heterocycles. The monoisotopic (exact) mass is 545 g/mol. The van der Waals surface area contributed by atoms with Crippen molar-refractivity contribution in [2.75, 3.05) is 46.0 Å². The molecule has 1 aliphatic rings. The Kier molecular flexibility index (Phi) is 11.5. The Morgan fingerprint density at radius 2 is 1.62 bits per heavy atom. The Bertz CT molecular complexity index is 1200. The summed E-state index contributed by atoms with van der Waals surface area (Å²) >= 11 is 0. The van der Waals surface area contributed by atoms with Crippen LogP contribution in [0.4, 0.5) is 0 Å². The number of pyridine rings is 1. The molecule has 0 radical (unpaired) electrons. The average molecular weight is 546 g/mol. The minimum atomic E-state index is -0.767. The maximum absolute atomic E-state index is 13.8. The van der Waals surface area contributed by atoms with Gasteiger partial charge in [-0.3, -0.25) is 19.5 Å². The molecule has 0 aliphatic carbocycles. The van der Waals surface area contributed by atoms with Crippen molar-refractivity contribution >= 4 is 11.9 Å². The van der Waals surface area contributed by atoms with Crippen LogP contribution in [0.5, 0.6) is 5.75 Å². The van der Waals surface area contributed by atoms with Gasteiger partial charge in [0, 0.05) is 62.7 Å². The molecular formula is C32H39N3O5. The Morgan fingerprint density at radius 1 is 0.900 bits per heavy atom. The molecule has 0 unspecified atom stereocenters. The first-order valence-corrected chi connectivity index (χ1v) is 14.1. The second kappa shape index (κ2) is 15.7. The third-order valence-electron chi connectivity index (χ3n) is 7.07. The predicted octanol–water partition coefficient (Wildman–Crippen LogP) is 5.14. The van der Waals surface area contributed by atoms with Crippen LogP contribution in [0.25, 0.3) is 11.1 Å². The number of benzene rings is 2. The Labute approximate surface area is 236 Å². The molecular weight excluding hydrogens is 506 g/mol. The molecule has 212 valence electrons. The summed E-state index contributed by atoms with van der Waals surface area (Å²) in [5.41, 5.74) is 3.72. The smallest absolute Gasteiger partial charge is 0.303 e. The lowest BCUT2D eigenvalue weighted by molar-refractivity contribution is -0.137. The van der Waals surface area contributed by atoms with Crippen molar-refractivity contribution in [3.8, 4) is 16.9 Å². The SMILES string of the molecule is O=C(O)CCCCCOc1ccccc1CN(CCCN1CCOCC1)C(=O)c1ccc(-c2ccncc2)cc1. The Hall–Kier alpha value is -3.75. The number of aliphatic carboxylic acids is 1. The van der Waals surface area contributed by atoms with E-state index in [0.29, 0.717) is 31.7 Å². The summed E-state index contributed by atoms with van der Waals surface area (Å²) < 4.78 is 11.6. The van der Waals surface area contributed by atoms with Crippen molar-refractivity contribution < 1.29 is 24.2 Å². The van der Waals surface area contributed by atoms with Gasteiger partial charge in [-0.1, -0.05) is 30.3 Å². The van der Waals surface area contributed by atoms with Gasteiger partial charge >= 0.3 is 5.97 Å². The standard InChI is InChI=1S/C32H39N3O5/c36-31(37)9-2-1-5-22-40-30-8-4-3-7-29(30)25-35(19-6-18-34-20-23-39-24-21-34)32(38)28-12-10-26(11-13-28)27-14-16-33-17-15-27/h3-4,7-8,10-17H,1-2,5-6,9,18-25H2,(H,36,37). The second-order valence-electron chi connectivity index (χ2n) is 10.0. The molecule has 0 spiro atoms. The fourth-order valence-corrected chi connectivity index (χ4v) is 4.81. The number of aromatic nitrogens is 1. The van der Waals surface area contributed by atoms with Crippen molar-refractivity contribution in [2.24, 2.45) is 0 Å². The molecule has 1 saturated heterocycles. The van der Waals surface area contributed by atoms with E-state index in [4.69, 9.17) is 14.6 Å². The maximum atomic E-state index is 13.8. The first kappa shape index (κ1) is 29.2. The van der Waals surface area contributed by atoms with Crippen LogP contribution >= 0.6 is 0 Å². The van der Waals surface area contributed by atoms with E-state index in [9.17, 15) is 9.59 Å². The molecule has 0 saturated carbocycles. The van der Waals surface area contributed by atoms with Gasteiger partial charge in [-0.2, -0.15) is 0 Å². The quantitative estimate of drug-likeness (QED) is 0.265. The summed E-state index contributed by atoms with van der Waals surface area (Å²) in [5.74, 6) is -0.0110. The molecule has 0 bridgehead atoms. The molecule has 0 atom stereocenters. The number of amides is 1. The highest BCUT2D eigenvalue weighted by Gasteiger charge is 2.19. The number of rotatable bonds is 15. The lowest BCUT2D eigenvalue weighted by Crippen LogP contribution is -2.39. The maximum Gasteiger partial charge on any atom is 0.303 e. The van der Waals surface area contributed by atoms with Crippen LogP contribution in [0.1, 0.15) is 48.0 Å². The molecule has 1 aromatic heterocycles. The highest BCUT2D eigenvalue weighted by atomic mass is 16.5. The van der Waals surface area contributed by atoms with Gasteiger partial charge in [0.15, 0.2) is 0 Å². The minimum Gasteiger partial charge on any atom is -0.493 e. The highest BCUT2D eigenvalue weighted by molar-refractivity contribution is 5.94. The zero-order valence-corrected chi connectivity index (χ0v) is 23.0. The van der Waals surface area contributed by atoms with Crippen LogP contribution in [-0.4, -0.2) is 77.8 Å². The van der Waals surface area contributed by atoms with Crippen LogP contribution < -0.4 is 4.74 Å². The van der Waals surface area contributed by atoms with Crippen molar-refractivity contribution in [3.05, 3.63) is 84.2 Å². The second-order valence-corrected chi connectivity index (χ2v) is 10.0. The number of morpholine rings is 1. The molecule has 2 heterocycles. The minimum absolute atomic E-state index is 0.00766. The molecule has 40 heavy (non-hydrogen) atoms. The van der Waals surface area contributed by atoms with Crippen LogP contribution in [-0.2, 0) is 16.1 Å². The van der Waals surface area contributed by atoms with E-state index in [2.05, 4.69) is 9.88 Å². The number of carbonyl (C=O) groups excluding carboxylic acids is 1. The van der Waals surface area contributed by atoms with Gasteiger partial charge in [0.05, 0.1) is 19.8 Å². The van der Waals surface area contributed by atoms with Crippen molar-refractivity contribution in [3.63, 3.8) is 0 Å². The number of hydrogen-bond donors (Lipinski definition) is 1. The highest BCUT2D eigenvalue weighted by Crippen LogP contribution is 2.23. The number of carbonyl (C=O) groups is 2. The normalized spacial score (nSPS) is 13.6. The topological polar surface area (TPSA) is 92.2 Å². The van der Waals surface area contributed by atoms with Gasteiger partial charge in [-0.15, -0.1) is 0 Å². The third kappa shape index (κ3) is 9.17. The van der Waals surface area contributed by atoms with Crippen LogP contribution in [0.15, 0.2) is 73.1 Å². The predicted molar refractivity (Wildman–Crippen MR) is 154 cm³/mol. The molecule has 1 amide bonds. The van der Waals surface area contributed by atoms with E-state index in [1.807, 2.05) is 65.6 Å². The van der Waals surface area contributed by atoms with Gasteiger partial charge in [0.2, 0.25) is 0 Å². The molecule has 1 N–H and O–H groups in total. The molecule has 8 heteroatoms. The van der Waals surface area contributed by atoms with Gasteiger partial charge in [0.1, 0.15) is 5.75 Å². The summed E-state index contributed by atoms with van der Waals surface area (Å²) in [6.45, 7) is 5.87. The lowest BCUT2D eigenvalue weighted by Gasteiger charge is -2.29. The zero-order chi connectivity index (χ0) is 28.0. The number of para-hydroxylation sites is 1. The van der Waals surface area contributed by atoms with Crippen LogP contribution in [0.2, 0.25) is 0 Å². The summed E-state index contributed by atoms with van der Waals surface area (Å²) in [4.78, 5) is 32.9. The van der Waals surface area contributed by atoms with Crippen LogP contribution in [0, 0.1) is 0 Å². The van der Waals surface area contributed by atoms with E-state index < -0.39 is 5.97 Å². The van der Waals surface area contributed by atoms with Gasteiger partial charge in [-0.05, 0) is 67.1 Å². The van der Waals surface area contributed by atoms with Crippen molar-refractivity contribution in [1.29, 1.82) is 0 Å². The zero-order valence-electron chi connectivity index (χ0n) is 23.0. The lowest BCUT2D eigenvalue weighted by atomic mass is 10.0. The number of nitrogens with zero attached hydrogens (tertiary/aromatic N) is 3. The molecule has 3 aromatic rings. The number of hydrogen-bond acceptors (Lipinski definition) is 6. The summed E-state index contributed by atoms with van der Waals surface area (Å²) in [7, 11) is 0. The Balaban J connectivity index is 1.43. The van der Waals surface area contributed by atoms with E-state index in [0.717, 1.165) is 74.6 Å². The molecule has 4 rings (SSSR count).